The molecule has 0 spiro atoms. The highest BCUT2D eigenvalue weighted by molar-refractivity contribution is 8.24. The van der Waals surface area contributed by atoms with E-state index < -0.39 is 50.9 Å². The number of alkyl halides is 3. The Bertz CT molecular complexity index is 1390. The summed E-state index contributed by atoms with van der Waals surface area (Å²) in [4.78, 5) is 14.9. The van der Waals surface area contributed by atoms with E-state index in [2.05, 4.69) is 5.32 Å². The Balaban J connectivity index is 1.79. The zero-order valence-corrected chi connectivity index (χ0v) is 20.6. The second kappa shape index (κ2) is 9.75. The summed E-state index contributed by atoms with van der Waals surface area (Å²) in [5.41, 5.74) is -3.09. The van der Waals surface area contributed by atoms with Crippen LogP contribution in [0.3, 0.4) is 0 Å². The fourth-order valence-electron chi connectivity index (χ4n) is 4.17. The van der Waals surface area contributed by atoms with E-state index >= 15 is 0 Å². The Morgan fingerprint density at radius 3 is 2.35 bits per heavy atom. The lowest BCUT2D eigenvalue weighted by molar-refractivity contribution is -0.137. The van der Waals surface area contributed by atoms with Crippen LogP contribution in [0.25, 0.3) is 0 Å². The van der Waals surface area contributed by atoms with Crippen molar-refractivity contribution in [1.82, 2.24) is 5.32 Å². The average Bonchev–Trinajstić information content (AvgIpc) is 3.07. The number of hydrogen-bond acceptors (Lipinski definition) is 4. The lowest BCUT2D eigenvalue weighted by Crippen LogP contribution is -2.53. The third-order valence-corrected chi connectivity index (χ3v) is 8.10. The van der Waals surface area contributed by atoms with Crippen LogP contribution in [0.4, 0.5) is 23.2 Å². The number of anilines is 1. The molecule has 1 aliphatic heterocycles. The lowest BCUT2D eigenvalue weighted by atomic mass is 9.92. The SMILES string of the molecule is N#Cc1ccc(N2C(=O)[C@](Cc3ccccc3)(CS(O)([OH2+])c3ccc(F)cc3)NC2=S)cc1C(F)(F)F. The van der Waals surface area contributed by atoms with Gasteiger partial charge in [0.2, 0.25) is 0 Å². The summed E-state index contributed by atoms with van der Waals surface area (Å²) in [7, 11) is -3.45. The van der Waals surface area contributed by atoms with Gasteiger partial charge in [-0.2, -0.15) is 18.4 Å². The predicted octanol–water partition coefficient (Wildman–Crippen LogP) is 4.90. The van der Waals surface area contributed by atoms with Gasteiger partial charge < -0.3 is 9.87 Å². The fourth-order valence-corrected chi connectivity index (χ4v) is 6.32. The standard InChI is InChI=1S/C25H19F4N3O3S2/c26-18-7-10-20(11-8-18)37(34,35)15-24(13-16-4-2-1-3-5-16)22(33)32(23(36)31-24)19-9-6-17(14-30)21(12-19)25(27,28)29/h1-12,34-35H,13,15H2,(H,31,36)/p+1/t24-/m0/s1. The summed E-state index contributed by atoms with van der Waals surface area (Å²) < 4.78 is 74.0. The lowest BCUT2D eigenvalue weighted by Gasteiger charge is -2.36. The monoisotopic (exact) mass is 550 g/mol. The van der Waals surface area contributed by atoms with Gasteiger partial charge in [0.05, 0.1) is 22.9 Å². The van der Waals surface area contributed by atoms with E-state index in [0.29, 0.717) is 11.6 Å². The van der Waals surface area contributed by atoms with Crippen molar-refractivity contribution in [3.8, 4) is 6.07 Å². The van der Waals surface area contributed by atoms with Gasteiger partial charge in [0.15, 0.2) is 5.11 Å². The first-order valence-corrected chi connectivity index (χ1v) is 12.9. The molecular formula is C25H20F4N3O3S2+. The highest BCUT2D eigenvalue weighted by Gasteiger charge is 2.54. The van der Waals surface area contributed by atoms with E-state index in [1.807, 2.05) is 0 Å². The summed E-state index contributed by atoms with van der Waals surface area (Å²) in [5.74, 6) is -1.81. The summed E-state index contributed by atoms with van der Waals surface area (Å²) >= 11 is 5.35. The van der Waals surface area contributed by atoms with Gasteiger partial charge in [0.1, 0.15) is 22.0 Å². The molecule has 3 aromatic rings. The molecule has 0 aliphatic carbocycles. The van der Waals surface area contributed by atoms with E-state index in [1.165, 1.54) is 24.3 Å². The van der Waals surface area contributed by atoms with Gasteiger partial charge in [0, 0.05) is 6.42 Å². The van der Waals surface area contributed by atoms with E-state index in [4.69, 9.17) is 22.0 Å². The Labute approximate surface area is 216 Å². The fraction of sp³-hybridized carbons (Fsp3) is 0.160. The van der Waals surface area contributed by atoms with Gasteiger partial charge in [-0.25, -0.2) is 4.39 Å². The van der Waals surface area contributed by atoms with Crippen LogP contribution >= 0.6 is 22.8 Å². The second-order valence-corrected chi connectivity index (χ2v) is 11.0. The molecule has 192 valence electrons. The first-order valence-electron chi connectivity index (χ1n) is 10.7. The molecule has 1 heterocycles. The smallest absolute Gasteiger partial charge is 0.346 e. The van der Waals surface area contributed by atoms with Crippen LogP contribution in [0.15, 0.2) is 77.7 Å². The first-order chi connectivity index (χ1) is 17.4. The van der Waals surface area contributed by atoms with Crippen LogP contribution in [-0.2, 0) is 17.4 Å². The molecule has 1 aliphatic rings. The quantitative estimate of drug-likeness (QED) is 0.259. The highest BCUT2D eigenvalue weighted by atomic mass is 32.3. The van der Waals surface area contributed by atoms with Crippen LogP contribution in [0, 0.1) is 17.1 Å². The van der Waals surface area contributed by atoms with Crippen LogP contribution in [-0.4, -0.2) is 31.4 Å². The van der Waals surface area contributed by atoms with Crippen molar-refractivity contribution >= 4 is 39.5 Å². The third-order valence-electron chi connectivity index (χ3n) is 5.86. The van der Waals surface area contributed by atoms with Crippen molar-refractivity contribution in [2.75, 3.05) is 10.7 Å². The number of nitrogens with one attached hydrogen (secondary N) is 1. The summed E-state index contributed by atoms with van der Waals surface area (Å²) in [6.07, 6.45) is -4.89. The largest absolute Gasteiger partial charge is 0.417 e. The summed E-state index contributed by atoms with van der Waals surface area (Å²) in [6, 6.07) is 17.6. The molecule has 4 N–H and O–H groups in total. The molecule has 0 radical (unpaired) electrons. The molecule has 1 saturated heterocycles. The van der Waals surface area contributed by atoms with Crippen molar-refractivity contribution in [3.05, 3.63) is 95.3 Å². The molecule has 0 aromatic heterocycles. The van der Waals surface area contributed by atoms with E-state index in [9.17, 15) is 26.9 Å². The molecule has 1 amide bonds. The van der Waals surface area contributed by atoms with Crippen LogP contribution in [0.1, 0.15) is 16.7 Å². The zero-order chi connectivity index (χ0) is 27.0. The van der Waals surface area contributed by atoms with Crippen LogP contribution in [0.5, 0.6) is 0 Å². The molecule has 2 atom stereocenters. The molecule has 37 heavy (non-hydrogen) atoms. The van der Waals surface area contributed by atoms with Crippen molar-refractivity contribution < 1.29 is 31.5 Å². The molecule has 6 nitrogen and oxygen atoms in total. The average molecular weight is 551 g/mol. The molecule has 3 aromatic carbocycles. The Morgan fingerprint density at radius 2 is 1.76 bits per heavy atom. The minimum absolute atomic E-state index is 0.0406. The van der Waals surface area contributed by atoms with Gasteiger partial charge in [-0.1, -0.05) is 40.9 Å². The van der Waals surface area contributed by atoms with Crippen LogP contribution in [0.2, 0.25) is 0 Å². The molecular weight excluding hydrogens is 530 g/mol. The van der Waals surface area contributed by atoms with Gasteiger partial charge in [-0.05, 0) is 60.2 Å². The number of thiocarbonyl (C=S) groups is 1. The first kappa shape index (κ1) is 26.6. The molecule has 1 fully saturated rings. The molecule has 4 rings (SSSR count). The van der Waals surface area contributed by atoms with Gasteiger partial charge in [-0.3, -0.25) is 14.2 Å². The Hall–Kier alpha value is -3.50. The number of halogens is 4. The number of hydrogen-bond donors (Lipinski definition) is 2. The minimum atomic E-state index is -4.85. The number of carbonyl (C=O) groups excluding carboxylic acids is 1. The van der Waals surface area contributed by atoms with Crippen molar-refractivity contribution in [2.45, 2.75) is 23.0 Å². The molecule has 1 unspecified atom stereocenters. The number of nitrogens with zero attached hydrogens (tertiary/aromatic N) is 2. The molecule has 0 bridgehead atoms. The third kappa shape index (κ3) is 5.30. The molecule has 0 saturated carbocycles. The number of rotatable bonds is 6. The maximum atomic E-state index is 13.9. The number of benzene rings is 3. The van der Waals surface area contributed by atoms with Gasteiger partial charge in [0.25, 0.3) is 5.91 Å². The summed E-state index contributed by atoms with van der Waals surface area (Å²) in [5, 5.41) is 11.8. The Morgan fingerprint density at radius 1 is 1.11 bits per heavy atom. The highest BCUT2D eigenvalue weighted by Crippen LogP contribution is 2.52. The predicted molar refractivity (Wildman–Crippen MR) is 136 cm³/mol. The maximum absolute atomic E-state index is 13.9. The van der Waals surface area contributed by atoms with Crippen molar-refractivity contribution in [1.29, 1.82) is 5.26 Å². The van der Waals surface area contributed by atoms with Crippen LogP contribution < -0.4 is 10.2 Å². The second-order valence-electron chi connectivity index (χ2n) is 8.46. The van der Waals surface area contributed by atoms with Gasteiger partial charge in [-0.15, -0.1) is 0 Å². The van der Waals surface area contributed by atoms with E-state index in [-0.39, 0.29) is 22.1 Å². The summed E-state index contributed by atoms with van der Waals surface area (Å²) in [6.45, 7) is 0. The number of amides is 1. The number of nitriles is 1. The molecule has 12 heteroatoms. The maximum Gasteiger partial charge on any atom is 0.417 e. The normalized spacial score (nSPS) is 20.2. The number of carbonyl (C=O) groups is 1. The zero-order valence-electron chi connectivity index (χ0n) is 18.9. The van der Waals surface area contributed by atoms with E-state index in [1.54, 1.807) is 30.3 Å². The van der Waals surface area contributed by atoms with Gasteiger partial charge >= 0.3 is 6.18 Å². The van der Waals surface area contributed by atoms with Crippen molar-refractivity contribution in [3.63, 3.8) is 0 Å². The van der Waals surface area contributed by atoms with Crippen molar-refractivity contribution in [2.24, 2.45) is 0 Å². The van der Waals surface area contributed by atoms with E-state index in [0.717, 1.165) is 23.1 Å². The minimum Gasteiger partial charge on any atom is -0.346 e. The topological polar surface area (TPSA) is 99.3 Å². The Kier molecular flexibility index (Phi) is 7.00.